The Morgan fingerprint density at radius 2 is 1.74 bits per heavy atom. The number of piperidine rings is 1. The second kappa shape index (κ2) is 10.6. The predicted molar refractivity (Wildman–Crippen MR) is 126 cm³/mol. The Kier molecular flexibility index (Phi) is 7.40. The first kappa shape index (κ1) is 21.6. The third-order valence-corrected chi connectivity index (χ3v) is 6.55. The molecule has 4 heteroatoms. The highest BCUT2D eigenvalue weighted by atomic mass is 16.2. The number of terminal acetylenes is 1. The molecular weight excluding hydrogens is 382 g/mol. The van der Waals surface area contributed by atoms with Gasteiger partial charge in [0, 0.05) is 13.1 Å². The van der Waals surface area contributed by atoms with E-state index >= 15 is 0 Å². The van der Waals surface area contributed by atoms with Crippen LogP contribution in [0.15, 0.2) is 48.5 Å². The molecule has 0 bridgehead atoms. The van der Waals surface area contributed by atoms with Gasteiger partial charge in [0.2, 0.25) is 5.91 Å². The minimum absolute atomic E-state index is 0.0886. The number of rotatable bonds is 7. The number of nitrogens with zero attached hydrogens (tertiary/aromatic N) is 2. The van der Waals surface area contributed by atoms with E-state index in [1.165, 1.54) is 42.6 Å². The second-order valence-electron chi connectivity index (χ2n) is 8.74. The van der Waals surface area contributed by atoms with Crippen LogP contribution in [0.2, 0.25) is 0 Å². The molecule has 0 aliphatic carbocycles. The van der Waals surface area contributed by atoms with Crippen LogP contribution in [0.4, 0.5) is 0 Å². The van der Waals surface area contributed by atoms with Crippen molar-refractivity contribution < 1.29 is 4.79 Å². The van der Waals surface area contributed by atoms with Gasteiger partial charge in [-0.15, -0.1) is 6.42 Å². The van der Waals surface area contributed by atoms with Crippen LogP contribution in [-0.4, -0.2) is 47.9 Å². The number of hydrogen-bond donors (Lipinski definition) is 1. The van der Waals surface area contributed by atoms with Crippen LogP contribution in [0, 0.1) is 12.3 Å². The molecule has 2 fully saturated rings. The lowest BCUT2D eigenvalue weighted by atomic mass is 9.98. The van der Waals surface area contributed by atoms with Crippen LogP contribution in [0.5, 0.6) is 0 Å². The summed E-state index contributed by atoms with van der Waals surface area (Å²) in [6.45, 7) is 5.44. The van der Waals surface area contributed by atoms with Crippen LogP contribution in [0.1, 0.15) is 43.2 Å². The third kappa shape index (κ3) is 5.55. The minimum atomic E-state index is -0.109. The highest BCUT2D eigenvalue weighted by Gasteiger charge is 2.27. The number of benzene rings is 2. The number of nitrogens with one attached hydrogen (secondary N) is 1. The highest BCUT2D eigenvalue weighted by molar-refractivity contribution is 5.82. The van der Waals surface area contributed by atoms with Crippen molar-refractivity contribution in [3.05, 3.63) is 59.7 Å². The first-order chi connectivity index (χ1) is 15.2. The van der Waals surface area contributed by atoms with Crippen LogP contribution in [-0.2, 0) is 17.9 Å². The molecule has 1 unspecified atom stereocenters. The Bertz CT molecular complexity index is 909. The summed E-state index contributed by atoms with van der Waals surface area (Å²) in [7, 11) is 0. The molecule has 2 saturated heterocycles. The summed E-state index contributed by atoms with van der Waals surface area (Å²) in [6, 6.07) is 17.1. The summed E-state index contributed by atoms with van der Waals surface area (Å²) in [4.78, 5) is 17.5. The molecule has 2 aliphatic heterocycles. The summed E-state index contributed by atoms with van der Waals surface area (Å²) >= 11 is 0. The van der Waals surface area contributed by atoms with Gasteiger partial charge in [0.15, 0.2) is 0 Å². The Labute approximate surface area is 186 Å². The average molecular weight is 416 g/mol. The van der Waals surface area contributed by atoms with Gasteiger partial charge in [0.05, 0.1) is 12.6 Å². The molecule has 4 nitrogen and oxygen atoms in total. The number of likely N-dealkylation sites (tertiary alicyclic amines) is 2. The summed E-state index contributed by atoms with van der Waals surface area (Å²) in [5.41, 5.74) is 4.88. The molecule has 2 aromatic carbocycles. The zero-order valence-electron chi connectivity index (χ0n) is 18.4. The molecule has 0 saturated carbocycles. The number of hydrogen-bond acceptors (Lipinski definition) is 3. The Hall–Kier alpha value is -2.61. The molecule has 1 atom stereocenters. The number of carbonyl (C=O) groups is 1. The topological polar surface area (TPSA) is 35.6 Å². The monoisotopic (exact) mass is 415 g/mol. The van der Waals surface area contributed by atoms with Gasteiger partial charge < -0.3 is 5.32 Å². The van der Waals surface area contributed by atoms with Crippen molar-refractivity contribution in [2.75, 3.05) is 26.2 Å². The lowest BCUT2D eigenvalue weighted by Crippen LogP contribution is -2.49. The zero-order chi connectivity index (χ0) is 21.5. The Morgan fingerprint density at radius 3 is 2.52 bits per heavy atom. The zero-order valence-corrected chi connectivity index (χ0v) is 18.4. The normalized spacial score (nSPS) is 19.8. The average Bonchev–Trinajstić information content (AvgIpc) is 3.32. The molecule has 2 heterocycles. The van der Waals surface area contributed by atoms with Crippen molar-refractivity contribution in [3.8, 4) is 23.5 Å². The van der Waals surface area contributed by atoms with Gasteiger partial charge in [-0.3, -0.25) is 14.6 Å². The van der Waals surface area contributed by atoms with E-state index < -0.39 is 0 Å². The molecule has 4 rings (SSSR count). The molecule has 2 aliphatic rings. The molecule has 0 radical (unpaired) electrons. The molecule has 1 N–H and O–H groups in total. The fraction of sp³-hybridized carbons (Fsp3) is 0.444. The van der Waals surface area contributed by atoms with Crippen molar-refractivity contribution in [2.45, 2.75) is 51.2 Å². The SMILES string of the molecule is C#CCN1CCCCC1C(=O)NCc1ccccc1-c1ccc(CN2CCCC2)cc1. The quantitative estimate of drug-likeness (QED) is 0.693. The van der Waals surface area contributed by atoms with Gasteiger partial charge in [-0.25, -0.2) is 0 Å². The van der Waals surface area contributed by atoms with Crippen LogP contribution in [0.3, 0.4) is 0 Å². The first-order valence-electron chi connectivity index (χ1n) is 11.6. The summed E-state index contributed by atoms with van der Waals surface area (Å²) in [6.07, 6.45) is 11.2. The van der Waals surface area contributed by atoms with Crippen molar-refractivity contribution in [3.63, 3.8) is 0 Å². The predicted octanol–water partition coefficient (Wildman–Crippen LogP) is 4.05. The fourth-order valence-electron chi connectivity index (χ4n) is 4.84. The number of amides is 1. The van der Waals surface area contributed by atoms with Crippen LogP contribution >= 0.6 is 0 Å². The maximum absolute atomic E-state index is 12.9. The molecule has 0 aromatic heterocycles. The van der Waals surface area contributed by atoms with Gasteiger partial charge in [-0.1, -0.05) is 60.9 Å². The van der Waals surface area contributed by atoms with E-state index in [0.717, 1.165) is 37.9 Å². The van der Waals surface area contributed by atoms with E-state index in [1.54, 1.807) is 0 Å². The van der Waals surface area contributed by atoms with Crippen molar-refractivity contribution in [2.24, 2.45) is 0 Å². The van der Waals surface area contributed by atoms with Gasteiger partial charge in [-0.05, 0) is 67.6 Å². The fourth-order valence-corrected chi connectivity index (χ4v) is 4.84. The van der Waals surface area contributed by atoms with Gasteiger partial charge >= 0.3 is 0 Å². The van der Waals surface area contributed by atoms with E-state index in [2.05, 4.69) is 63.5 Å². The van der Waals surface area contributed by atoms with Gasteiger partial charge in [-0.2, -0.15) is 0 Å². The maximum atomic E-state index is 12.9. The second-order valence-corrected chi connectivity index (χ2v) is 8.74. The van der Waals surface area contributed by atoms with Crippen molar-refractivity contribution in [1.29, 1.82) is 0 Å². The lowest BCUT2D eigenvalue weighted by molar-refractivity contribution is -0.127. The van der Waals surface area contributed by atoms with E-state index in [9.17, 15) is 4.79 Å². The standard InChI is InChI=1S/C27H33N3O/c1-2-16-30-19-6-5-11-26(30)27(31)28-20-24-9-3-4-10-25(24)23-14-12-22(13-15-23)21-29-17-7-8-18-29/h1,3-4,9-10,12-15,26H,5-8,11,16-21H2,(H,28,31). The van der Waals surface area contributed by atoms with Crippen molar-refractivity contribution >= 4 is 5.91 Å². The largest absolute Gasteiger partial charge is 0.351 e. The van der Waals surface area contributed by atoms with Crippen molar-refractivity contribution in [1.82, 2.24) is 15.1 Å². The molecule has 2 aromatic rings. The van der Waals surface area contributed by atoms with E-state index in [-0.39, 0.29) is 11.9 Å². The van der Waals surface area contributed by atoms with Crippen LogP contribution < -0.4 is 5.32 Å². The van der Waals surface area contributed by atoms with E-state index in [4.69, 9.17) is 6.42 Å². The van der Waals surface area contributed by atoms with Gasteiger partial charge in [0.1, 0.15) is 0 Å². The summed E-state index contributed by atoms with van der Waals surface area (Å²) in [5.74, 6) is 2.79. The molecule has 162 valence electrons. The van der Waals surface area contributed by atoms with Crippen LogP contribution in [0.25, 0.3) is 11.1 Å². The Morgan fingerprint density at radius 1 is 1.00 bits per heavy atom. The lowest BCUT2D eigenvalue weighted by Gasteiger charge is -2.33. The molecular formula is C27H33N3O. The van der Waals surface area contributed by atoms with E-state index in [1.807, 2.05) is 6.07 Å². The van der Waals surface area contributed by atoms with Gasteiger partial charge in [0.25, 0.3) is 0 Å². The molecule has 0 spiro atoms. The smallest absolute Gasteiger partial charge is 0.237 e. The first-order valence-corrected chi connectivity index (χ1v) is 11.6. The summed E-state index contributed by atoms with van der Waals surface area (Å²) in [5, 5.41) is 3.17. The number of carbonyl (C=O) groups excluding carboxylic acids is 1. The summed E-state index contributed by atoms with van der Waals surface area (Å²) < 4.78 is 0. The Balaban J connectivity index is 1.41. The molecule has 1 amide bonds. The third-order valence-electron chi connectivity index (χ3n) is 6.55. The molecule has 31 heavy (non-hydrogen) atoms. The maximum Gasteiger partial charge on any atom is 0.237 e. The van der Waals surface area contributed by atoms with E-state index in [0.29, 0.717) is 13.1 Å². The highest BCUT2D eigenvalue weighted by Crippen LogP contribution is 2.25. The minimum Gasteiger partial charge on any atom is -0.351 e.